The number of ether oxygens (including phenoxy) is 3. The third kappa shape index (κ3) is 4.96. The van der Waals surface area contributed by atoms with E-state index in [4.69, 9.17) is 14.2 Å². The van der Waals surface area contributed by atoms with Crippen LogP contribution >= 0.6 is 0 Å². The van der Waals surface area contributed by atoms with E-state index in [1.165, 1.54) is 13.8 Å². The van der Waals surface area contributed by atoms with Gasteiger partial charge in [-0.25, -0.2) is 0 Å². The second kappa shape index (κ2) is 7.34. The first-order chi connectivity index (χ1) is 9.72. The van der Waals surface area contributed by atoms with Gasteiger partial charge in [0, 0.05) is 20.8 Å². The molecule has 0 unspecified atom stereocenters. The van der Waals surface area contributed by atoms with Gasteiger partial charge in [0.1, 0.15) is 24.9 Å². The zero-order valence-electron chi connectivity index (χ0n) is 11.9. The summed E-state index contributed by atoms with van der Waals surface area (Å²) >= 11 is 0. The van der Waals surface area contributed by atoms with Crippen molar-refractivity contribution in [2.24, 2.45) is 0 Å². The third-order valence-corrected chi connectivity index (χ3v) is 2.82. The van der Waals surface area contributed by atoms with Crippen molar-refractivity contribution in [3.63, 3.8) is 0 Å². The molecule has 5 atom stereocenters. The highest BCUT2D eigenvalue weighted by Gasteiger charge is 2.47. The van der Waals surface area contributed by atoms with Crippen LogP contribution < -0.4 is 5.32 Å². The highest BCUT2D eigenvalue weighted by Crippen LogP contribution is 2.23. The second-order valence-corrected chi connectivity index (χ2v) is 4.66. The SMILES string of the molecule is CC(=O)N[C@H]1[C@@H](O)[C@H](OC(C)=O)[C@H](COC(C)=O)O[C@H]1O. The van der Waals surface area contributed by atoms with Gasteiger partial charge in [0.2, 0.25) is 5.91 Å². The Labute approximate surface area is 121 Å². The molecular formula is C12H19NO8. The molecule has 3 N–H and O–H groups in total. The summed E-state index contributed by atoms with van der Waals surface area (Å²) in [4.78, 5) is 33.0. The van der Waals surface area contributed by atoms with E-state index in [1.807, 2.05) is 0 Å². The smallest absolute Gasteiger partial charge is 0.303 e. The van der Waals surface area contributed by atoms with E-state index < -0.39 is 48.5 Å². The van der Waals surface area contributed by atoms with Crippen LogP contribution in [0.4, 0.5) is 0 Å². The number of hydrogen-bond acceptors (Lipinski definition) is 8. The monoisotopic (exact) mass is 305 g/mol. The van der Waals surface area contributed by atoms with E-state index in [1.54, 1.807) is 0 Å². The normalized spacial score (nSPS) is 32.1. The van der Waals surface area contributed by atoms with Crippen molar-refractivity contribution in [3.05, 3.63) is 0 Å². The summed E-state index contributed by atoms with van der Waals surface area (Å²) in [6, 6.07) is -1.17. The van der Waals surface area contributed by atoms with Gasteiger partial charge in [0.25, 0.3) is 0 Å². The molecule has 21 heavy (non-hydrogen) atoms. The summed E-state index contributed by atoms with van der Waals surface area (Å²) < 4.78 is 14.8. The average Bonchev–Trinajstić information content (AvgIpc) is 2.35. The molecular weight excluding hydrogens is 286 g/mol. The Morgan fingerprint density at radius 1 is 1.14 bits per heavy atom. The summed E-state index contributed by atoms with van der Waals surface area (Å²) in [5, 5.41) is 22.3. The molecule has 0 spiro atoms. The van der Waals surface area contributed by atoms with Crippen molar-refractivity contribution in [1.29, 1.82) is 0 Å². The maximum atomic E-state index is 11.1. The maximum Gasteiger partial charge on any atom is 0.303 e. The van der Waals surface area contributed by atoms with Crippen LogP contribution in [-0.2, 0) is 28.6 Å². The lowest BCUT2D eigenvalue weighted by Gasteiger charge is -2.41. The van der Waals surface area contributed by atoms with Crippen LogP contribution in [0.15, 0.2) is 0 Å². The van der Waals surface area contributed by atoms with E-state index in [9.17, 15) is 24.6 Å². The van der Waals surface area contributed by atoms with Crippen LogP contribution in [0.1, 0.15) is 20.8 Å². The van der Waals surface area contributed by atoms with E-state index in [0.29, 0.717) is 0 Å². The third-order valence-electron chi connectivity index (χ3n) is 2.82. The lowest BCUT2D eigenvalue weighted by atomic mass is 9.96. The predicted octanol–water partition coefficient (Wildman–Crippen LogP) is -1.94. The second-order valence-electron chi connectivity index (χ2n) is 4.66. The first kappa shape index (κ1) is 17.3. The van der Waals surface area contributed by atoms with E-state index in [-0.39, 0.29) is 6.61 Å². The molecule has 0 aromatic heterocycles. The summed E-state index contributed by atoms with van der Waals surface area (Å²) in [6.07, 6.45) is -5.19. The molecule has 0 aromatic carbocycles. The number of aliphatic hydroxyl groups is 2. The molecule has 9 heteroatoms. The maximum absolute atomic E-state index is 11.1. The fourth-order valence-corrected chi connectivity index (χ4v) is 2.00. The molecule has 1 aliphatic rings. The fraction of sp³-hybridized carbons (Fsp3) is 0.750. The standard InChI is InChI=1S/C12H19NO8/c1-5(14)13-9-10(17)11(20-7(3)16)8(21-12(9)18)4-19-6(2)15/h8-12,17-18H,4H2,1-3H3,(H,13,14)/t8-,9-,10+,11+,12+/m0/s1. The van der Waals surface area contributed by atoms with Crippen molar-refractivity contribution < 1.29 is 38.8 Å². The van der Waals surface area contributed by atoms with Crippen LogP contribution in [0.2, 0.25) is 0 Å². The van der Waals surface area contributed by atoms with Gasteiger partial charge in [0.05, 0.1) is 0 Å². The lowest BCUT2D eigenvalue weighted by Crippen LogP contribution is -2.65. The molecule has 9 nitrogen and oxygen atoms in total. The van der Waals surface area contributed by atoms with Crippen molar-refractivity contribution in [1.82, 2.24) is 5.32 Å². The van der Waals surface area contributed by atoms with Gasteiger partial charge < -0.3 is 29.7 Å². The van der Waals surface area contributed by atoms with Gasteiger partial charge in [0.15, 0.2) is 12.4 Å². The minimum atomic E-state index is -1.53. The number of aliphatic hydroxyl groups excluding tert-OH is 2. The number of rotatable bonds is 4. The average molecular weight is 305 g/mol. The lowest BCUT2D eigenvalue weighted by molar-refractivity contribution is -0.260. The minimum absolute atomic E-state index is 0.311. The molecule has 1 fully saturated rings. The minimum Gasteiger partial charge on any atom is -0.463 e. The zero-order valence-corrected chi connectivity index (χ0v) is 11.9. The van der Waals surface area contributed by atoms with Crippen molar-refractivity contribution in [2.75, 3.05) is 6.61 Å². The highest BCUT2D eigenvalue weighted by atomic mass is 16.7. The van der Waals surface area contributed by atoms with Crippen molar-refractivity contribution in [2.45, 2.75) is 51.4 Å². The van der Waals surface area contributed by atoms with Crippen LogP contribution in [0.3, 0.4) is 0 Å². The number of esters is 2. The van der Waals surface area contributed by atoms with E-state index >= 15 is 0 Å². The largest absolute Gasteiger partial charge is 0.463 e. The first-order valence-corrected chi connectivity index (χ1v) is 6.31. The van der Waals surface area contributed by atoms with Crippen LogP contribution in [0.25, 0.3) is 0 Å². The summed E-state index contributed by atoms with van der Waals surface area (Å²) in [5.74, 6) is -1.77. The number of carbonyl (C=O) groups is 3. The molecule has 0 aromatic rings. The summed E-state index contributed by atoms with van der Waals surface area (Å²) in [7, 11) is 0. The van der Waals surface area contributed by atoms with Crippen LogP contribution in [0, 0.1) is 0 Å². The fourth-order valence-electron chi connectivity index (χ4n) is 2.00. The number of amides is 1. The van der Waals surface area contributed by atoms with Crippen LogP contribution in [0.5, 0.6) is 0 Å². The van der Waals surface area contributed by atoms with Gasteiger partial charge in [-0.3, -0.25) is 14.4 Å². The summed E-state index contributed by atoms with van der Waals surface area (Å²) in [6.45, 7) is 3.20. The molecule has 0 aliphatic carbocycles. The molecule has 1 aliphatic heterocycles. The molecule has 1 amide bonds. The van der Waals surface area contributed by atoms with Gasteiger partial charge in [-0.1, -0.05) is 0 Å². The Kier molecular flexibility index (Phi) is 6.06. The number of hydrogen-bond donors (Lipinski definition) is 3. The number of nitrogens with one attached hydrogen (secondary N) is 1. The quantitative estimate of drug-likeness (QED) is 0.511. The van der Waals surface area contributed by atoms with Gasteiger partial charge in [-0.15, -0.1) is 0 Å². The van der Waals surface area contributed by atoms with Crippen LogP contribution in [-0.4, -0.2) is 65.3 Å². The topological polar surface area (TPSA) is 131 Å². The van der Waals surface area contributed by atoms with Gasteiger partial charge >= 0.3 is 11.9 Å². The van der Waals surface area contributed by atoms with Crippen molar-refractivity contribution >= 4 is 17.8 Å². The Hall–Kier alpha value is -1.71. The molecule has 1 saturated heterocycles. The predicted molar refractivity (Wildman–Crippen MR) is 66.7 cm³/mol. The molecule has 1 rings (SSSR count). The highest BCUT2D eigenvalue weighted by molar-refractivity contribution is 5.73. The van der Waals surface area contributed by atoms with Gasteiger partial charge in [-0.05, 0) is 0 Å². The van der Waals surface area contributed by atoms with Gasteiger partial charge in [-0.2, -0.15) is 0 Å². The Morgan fingerprint density at radius 2 is 1.76 bits per heavy atom. The molecule has 0 bridgehead atoms. The van der Waals surface area contributed by atoms with E-state index in [2.05, 4.69) is 5.32 Å². The van der Waals surface area contributed by atoms with Crippen molar-refractivity contribution in [3.8, 4) is 0 Å². The molecule has 0 saturated carbocycles. The number of carbonyl (C=O) groups excluding carboxylic acids is 3. The Bertz CT molecular complexity index is 410. The Balaban J connectivity index is 2.86. The zero-order chi connectivity index (χ0) is 16.2. The molecule has 120 valence electrons. The van der Waals surface area contributed by atoms with E-state index in [0.717, 1.165) is 6.92 Å². The first-order valence-electron chi connectivity index (χ1n) is 6.31. The molecule has 0 radical (unpaired) electrons. The Morgan fingerprint density at radius 3 is 2.24 bits per heavy atom. The molecule has 1 heterocycles. The summed E-state index contributed by atoms with van der Waals surface area (Å²) in [5.41, 5.74) is 0.